The van der Waals surface area contributed by atoms with E-state index in [1.807, 2.05) is 21.1 Å². The van der Waals surface area contributed by atoms with Gasteiger partial charge in [0.2, 0.25) is 0 Å². The van der Waals surface area contributed by atoms with E-state index >= 15 is 0 Å². The van der Waals surface area contributed by atoms with Crippen molar-refractivity contribution in [1.29, 1.82) is 0 Å². The molecule has 0 aromatic heterocycles. The van der Waals surface area contributed by atoms with E-state index in [1.54, 1.807) is 0 Å². The normalized spacial score (nSPS) is 14.1. The summed E-state index contributed by atoms with van der Waals surface area (Å²) >= 11 is 0. The summed E-state index contributed by atoms with van der Waals surface area (Å²) in [7, 11) is 5.94. The van der Waals surface area contributed by atoms with Gasteiger partial charge in [0.1, 0.15) is 13.2 Å². The van der Waals surface area contributed by atoms with Crippen LogP contribution in [0.1, 0.15) is 232 Å². The Bertz CT molecular complexity index is 2500. The van der Waals surface area contributed by atoms with E-state index in [4.69, 9.17) is 18.9 Å². The van der Waals surface area contributed by atoms with E-state index in [0.717, 1.165) is 193 Å². The Hall–Kier alpha value is -6.91. The lowest BCUT2D eigenvalue weighted by Gasteiger charge is -2.25. The van der Waals surface area contributed by atoms with Crippen molar-refractivity contribution in [2.75, 3.05) is 47.5 Å². The Kier molecular flexibility index (Phi) is 69.5. The number of quaternary nitrogens is 1. The Balaban J connectivity index is 4.30. The maximum absolute atomic E-state index is 13.0. The molecule has 97 heavy (non-hydrogen) atoms. The van der Waals surface area contributed by atoms with Crippen LogP contribution in [0.25, 0.3) is 0 Å². The summed E-state index contributed by atoms with van der Waals surface area (Å²) in [6, 6.07) is 0. The van der Waals surface area contributed by atoms with Gasteiger partial charge in [0.05, 0.1) is 34.4 Å². The number of esters is 2. The summed E-state index contributed by atoms with van der Waals surface area (Å²) in [5.74, 6) is -2.09. The number of aliphatic carboxylic acids is 1. The Morgan fingerprint density at radius 1 is 0.309 bits per heavy atom. The first kappa shape index (κ1) is 90.1. The molecule has 0 radical (unpaired) electrons. The van der Waals surface area contributed by atoms with Crippen LogP contribution in [0.2, 0.25) is 0 Å². The molecule has 0 aliphatic carbocycles. The van der Waals surface area contributed by atoms with Crippen LogP contribution < -0.4 is 0 Å². The fourth-order valence-corrected chi connectivity index (χ4v) is 9.01. The molecule has 0 amide bonds. The lowest BCUT2D eigenvalue weighted by Crippen LogP contribution is -2.40. The Labute approximate surface area is 592 Å². The zero-order valence-corrected chi connectivity index (χ0v) is 61.4. The van der Waals surface area contributed by atoms with Gasteiger partial charge in [-0.2, -0.15) is 0 Å². The minimum absolute atomic E-state index is 0.166. The molecule has 0 bridgehead atoms. The molecule has 0 saturated heterocycles. The van der Waals surface area contributed by atoms with Crippen molar-refractivity contribution in [1.82, 2.24) is 0 Å². The standard InChI is InChI=1S/C88H133NO8/c1-6-8-10-12-14-16-18-20-22-24-26-28-30-32-34-36-38-40-41-42-43-44-45-47-49-51-53-55-57-59-61-63-65-67-69-71-73-75-77-79-86(91)97-84(83-96-88(87(92)93)94-81-80-89(3,4)5)82-95-85(90)78-76-74-72-70-68-66-64-62-60-58-56-54-52-50-48-46-39-37-35-33-31-29-27-25-23-21-19-17-15-13-11-9-7-2/h8-11,14-17,20-23,26-29,32-35,38-40,42-43,45-47,50-53,56-59,62-65,84,88H,6-7,12-13,18-19,24-25,30-31,36-37,41,44,48-49,54-55,60-61,66-83H2,1-5H3/p+1/b10-8-,11-9-,16-14-,17-15-,22-20-,23-21-,28-26-,29-27-,34-32-,35-33-,40-38-,43-42-,46-39-,47-45-,52-50-,53-51-,58-56-,59-57-,64-62-,65-63-. The summed E-state index contributed by atoms with van der Waals surface area (Å²) in [5.41, 5.74) is 0. The summed E-state index contributed by atoms with van der Waals surface area (Å²) < 4.78 is 22.9. The maximum Gasteiger partial charge on any atom is 0.361 e. The van der Waals surface area contributed by atoms with E-state index in [-0.39, 0.29) is 38.6 Å². The molecule has 0 rings (SSSR count). The van der Waals surface area contributed by atoms with Crippen LogP contribution in [0.5, 0.6) is 0 Å². The Morgan fingerprint density at radius 2 is 0.557 bits per heavy atom. The first-order valence-electron chi connectivity index (χ1n) is 37.2. The molecule has 0 heterocycles. The highest BCUT2D eigenvalue weighted by molar-refractivity contribution is 5.71. The molecule has 1 N–H and O–H groups in total. The highest BCUT2D eigenvalue weighted by Crippen LogP contribution is 2.13. The van der Waals surface area contributed by atoms with Gasteiger partial charge in [0, 0.05) is 12.8 Å². The third-order valence-electron chi connectivity index (χ3n) is 14.6. The van der Waals surface area contributed by atoms with Gasteiger partial charge in [-0.3, -0.25) is 9.59 Å². The predicted molar refractivity (Wildman–Crippen MR) is 418 cm³/mol. The van der Waals surface area contributed by atoms with Crippen molar-refractivity contribution in [3.63, 3.8) is 0 Å². The van der Waals surface area contributed by atoms with Crippen LogP contribution in [0.15, 0.2) is 243 Å². The number of carbonyl (C=O) groups is 3. The molecule has 9 heteroatoms. The van der Waals surface area contributed by atoms with Gasteiger partial charge in [-0.15, -0.1) is 0 Å². The number of unbranched alkanes of at least 4 members (excludes halogenated alkanes) is 10. The molecular weight excluding hydrogens is 1200 g/mol. The SMILES string of the molecule is CC/C=C\C/C=C\C/C=C\C/C=C\C/C=C\C/C=C\C/C=C\C/C=C\C/C=C\C/C=C\C/C=C\CCCCCCCC(=O)OC(COC(=O)CCCCCCC/C=C\C/C=C\C/C=C\C/C=C\C/C=C\C/C=C\C/C=C\C/C=C\C/C=C\CC)COC(OCC[N+](C)(C)C)C(=O)O. The van der Waals surface area contributed by atoms with Crippen LogP contribution in [0.4, 0.5) is 0 Å². The van der Waals surface area contributed by atoms with Gasteiger partial charge < -0.3 is 28.5 Å². The number of ether oxygens (including phenoxy) is 4. The number of carbonyl (C=O) groups excluding carboxylic acids is 2. The van der Waals surface area contributed by atoms with Crippen molar-refractivity contribution >= 4 is 17.9 Å². The van der Waals surface area contributed by atoms with Crippen LogP contribution in [0.3, 0.4) is 0 Å². The number of carboxylic acids is 1. The minimum Gasteiger partial charge on any atom is -0.477 e. The summed E-state index contributed by atoms with van der Waals surface area (Å²) in [5, 5.41) is 9.76. The topological polar surface area (TPSA) is 108 Å². The van der Waals surface area contributed by atoms with E-state index in [1.165, 1.54) is 0 Å². The average molecular weight is 1330 g/mol. The lowest BCUT2D eigenvalue weighted by molar-refractivity contribution is -0.870. The zero-order chi connectivity index (χ0) is 70.4. The van der Waals surface area contributed by atoms with Crippen molar-refractivity contribution in [3.05, 3.63) is 243 Å². The molecule has 0 spiro atoms. The number of allylic oxidation sites excluding steroid dienone is 40. The smallest absolute Gasteiger partial charge is 0.361 e. The second-order valence-corrected chi connectivity index (χ2v) is 24.8. The van der Waals surface area contributed by atoms with Gasteiger partial charge in [-0.05, 0) is 167 Å². The zero-order valence-electron chi connectivity index (χ0n) is 61.4. The van der Waals surface area contributed by atoms with Gasteiger partial charge in [0.15, 0.2) is 6.10 Å². The number of carboxylic acid groups (broad SMARTS) is 1. The van der Waals surface area contributed by atoms with E-state index in [0.29, 0.717) is 23.9 Å². The van der Waals surface area contributed by atoms with Crippen LogP contribution in [-0.2, 0) is 33.3 Å². The Morgan fingerprint density at radius 3 is 0.825 bits per heavy atom. The third-order valence-corrected chi connectivity index (χ3v) is 14.6. The molecule has 2 atom stereocenters. The molecule has 0 aliphatic heterocycles. The predicted octanol–water partition coefficient (Wildman–Crippen LogP) is 24.0. The molecule has 9 nitrogen and oxygen atoms in total. The second kappa shape index (κ2) is 74.9. The van der Waals surface area contributed by atoms with Crippen LogP contribution >= 0.6 is 0 Å². The second-order valence-electron chi connectivity index (χ2n) is 24.8. The first-order chi connectivity index (χ1) is 47.6. The fourth-order valence-electron chi connectivity index (χ4n) is 9.01. The van der Waals surface area contributed by atoms with Crippen molar-refractivity contribution < 1.29 is 42.9 Å². The summed E-state index contributed by atoms with van der Waals surface area (Å²) in [4.78, 5) is 37.7. The monoisotopic (exact) mass is 1330 g/mol. The van der Waals surface area contributed by atoms with E-state index < -0.39 is 24.3 Å². The molecule has 2 unspecified atom stereocenters. The van der Waals surface area contributed by atoms with Gasteiger partial charge >= 0.3 is 17.9 Å². The average Bonchev–Trinajstić information content (AvgIpc) is 2.39. The molecule has 0 aromatic rings. The number of rotatable bonds is 65. The molecule has 0 aliphatic rings. The van der Waals surface area contributed by atoms with Crippen molar-refractivity contribution in [2.45, 2.75) is 245 Å². The van der Waals surface area contributed by atoms with Crippen LogP contribution in [-0.4, -0.2) is 87.4 Å². The largest absolute Gasteiger partial charge is 0.477 e. The highest BCUT2D eigenvalue weighted by atomic mass is 16.7. The summed E-state index contributed by atoms with van der Waals surface area (Å²) in [6.45, 7) is 4.56. The minimum atomic E-state index is -1.54. The van der Waals surface area contributed by atoms with Crippen LogP contribution in [0, 0.1) is 0 Å². The highest BCUT2D eigenvalue weighted by Gasteiger charge is 2.25. The number of hydrogen-bond donors (Lipinski definition) is 1. The molecule has 0 fully saturated rings. The number of likely N-dealkylation sites (N-methyl/N-ethyl adjacent to an activating group) is 1. The van der Waals surface area contributed by atoms with E-state index in [9.17, 15) is 19.5 Å². The first-order valence-corrected chi connectivity index (χ1v) is 37.2. The number of nitrogens with zero attached hydrogens (tertiary/aromatic N) is 1. The van der Waals surface area contributed by atoms with Gasteiger partial charge in [-0.1, -0.05) is 295 Å². The third kappa shape index (κ3) is 76.3. The molecule has 0 aromatic carbocycles. The fraction of sp³-hybridized carbons (Fsp3) is 0.511. The van der Waals surface area contributed by atoms with E-state index in [2.05, 4.69) is 257 Å². The maximum atomic E-state index is 13.0. The van der Waals surface area contributed by atoms with Gasteiger partial charge in [-0.25, -0.2) is 4.79 Å². The molecular formula is C88H134NO8+. The van der Waals surface area contributed by atoms with Crippen molar-refractivity contribution in [3.8, 4) is 0 Å². The quantitative estimate of drug-likeness (QED) is 0.0211. The summed E-state index contributed by atoms with van der Waals surface area (Å²) in [6.07, 6.45) is 118. The lowest BCUT2D eigenvalue weighted by atomic mass is 10.1. The van der Waals surface area contributed by atoms with Gasteiger partial charge in [0.25, 0.3) is 6.29 Å². The van der Waals surface area contributed by atoms with Crippen molar-refractivity contribution in [2.24, 2.45) is 0 Å². The molecule has 0 saturated carbocycles. The number of hydrogen-bond acceptors (Lipinski definition) is 7. The molecule has 538 valence electrons.